The van der Waals surface area contributed by atoms with Gasteiger partial charge in [-0.2, -0.15) is 5.26 Å². The number of benzene rings is 1. The molecule has 0 radical (unpaired) electrons. The fourth-order valence-corrected chi connectivity index (χ4v) is 1.60. The summed E-state index contributed by atoms with van der Waals surface area (Å²) in [6.07, 6.45) is 1.31. The van der Waals surface area contributed by atoms with Crippen molar-refractivity contribution in [2.75, 3.05) is 6.61 Å². The molecule has 5 heteroatoms. The highest BCUT2D eigenvalue weighted by Gasteiger charge is 2.26. The van der Waals surface area contributed by atoms with Crippen molar-refractivity contribution in [1.82, 2.24) is 0 Å². The highest BCUT2D eigenvalue weighted by atomic mass is 16.5. The molecule has 1 atom stereocenters. The van der Waals surface area contributed by atoms with Crippen molar-refractivity contribution in [3.05, 3.63) is 29.8 Å². The molecule has 0 bridgehead atoms. The predicted octanol–water partition coefficient (Wildman–Crippen LogP) is 1.48. The monoisotopic (exact) mass is 221 g/mol. The summed E-state index contributed by atoms with van der Waals surface area (Å²) in [7, 11) is 0. The second-order valence-corrected chi connectivity index (χ2v) is 3.17. The zero-order valence-corrected chi connectivity index (χ0v) is 8.46. The summed E-state index contributed by atoms with van der Waals surface area (Å²) >= 11 is 0. The summed E-state index contributed by atoms with van der Waals surface area (Å²) in [6.45, 7) is 0.494. The molecule has 0 aliphatic carbocycles. The molecule has 16 heavy (non-hydrogen) atoms. The molecule has 0 aromatic heterocycles. The van der Waals surface area contributed by atoms with E-state index in [0.717, 1.165) is 11.8 Å². The summed E-state index contributed by atoms with van der Waals surface area (Å²) < 4.78 is 5.34. The van der Waals surface area contributed by atoms with Gasteiger partial charge in [-0.05, 0) is 12.5 Å². The minimum atomic E-state index is -0.768. The van der Waals surface area contributed by atoms with E-state index in [2.05, 4.69) is 0 Å². The maximum atomic E-state index is 10.9. The van der Waals surface area contributed by atoms with Crippen LogP contribution in [0.3, 0.4) is 0 Å². The van der Waals surface area contributed by atoms with E-state index < -0.39 is 11.9 Å². The van der Waals surface area contributed by atoms with Crippen molar-refractivity contribution in [2.45, 2.75) is 12.3 Å². The van der Waals surface area contributed by atoms with Crippen LogP contribution in [0.4, 0.5) is 0 Å². The largest absolute Gasteiger partial charge is 0.493 e. The fourth-order valence-electron chi connectivity index (χ4n) is 1.60. The van der Waals surface area contributed by atoms with Gasteiger partial charge >= 0.3 is 5.97 Å². The molecule has 0 fully saturated rings. The van der Waals surface area contributed by atoms with Gasteiger partial charge in [-0.1, -0.05) is 18.2 Å². The van der Waals surface area contributed by atoms with Crippen LogP contribution in [-0.2, 0) is 4.79 Å². The van der Waals surface area contributed by atoms with E-state index in [1.807, 2.05) is 24.3 Å². The Balaban J connectivity index is 0.000000386. The second kappa shape index (κ2) is 5.61. The van der Waals surface area contributed by atoms with Gasteiger partial charge in [-0.25, -0.2) is 0 Å². The predicted molar refractivity (Wildman–Crippen MR) is 54.5 cm³/mol. The number of carbonyl (C=O) groups is 1. The number of nitriles is 1. The molecular weight excluding hydrogens is 210 g/mol. The lowest BCUT2D eigenvalue weighted by Gasteiger charge is -2.22. The number of ether oxygens (including phenoxy) is 1. The smallest absolute Gasteiger partial charge is 0.311 e. The van der Waals surface area contributed by atoms with Gasteiger partial charge < -0.3 is 14.9 Å². The van der Waals surface area contributed by atoms with E-state index in [4.69, 9.17) is 20.2 Å². The first-order valence-electron chi connectivity index (χ1n) is 4.68. The summed E-state index contributed by atoms with van der Waals surface area (Å²) in [4.78, 5) is 10.9. The van der Waals surface area contributed by atoms with Gasteiger partial charge in [0.25, 0.3) is 6.26 Å². The number of aliphatic hydroxyl groups excluding tert-OH is 1. The number of aliphatic hydroxyl groups is 1. The average Bonchev–Trinajstić information content (AvgIpc) is 2.29. The number of hydrogen-bond donors (Lipinski definition) is 2. The third kappa shape index (κ3) is 2.64. The molecule has 2 rings (SSSR count). The first-order chi connectivity index (χ1) is 7.70. The number of para-hydroxylation sites is 1. The summed E-state index contributed by atoms with van der Waals surface area (Å²) in [5.41, 5.74) is 0.793. The van der Waals surface area contributed by atoms with Gasteiger partial charge in [0, 0.05) is 5.56 Å². The highest BCUT2D eigenvalue weighted by molar-refractivity contribution is 5.77. The molecule has 0 saturated carbocycles. The Morgan fingerprint density at radius 1 is 1.50 bits per heavy atom. The van der Waals surface area contributed by atoms with Crippen molar-refractivity contribution < 1.29 is 19.7 Å². The van der Waals surface area contributed by atoms with Crippen molar-refractivity contribution in [3.8, 4) is 12.0 Å². The number of carboxylic acids is 1. The van der Waals surface area contributed by atoms with Gasteiger partial charge in [0.15, 0.2) is 0 Å². The van der Waals surface area contributed by atoms with Crippen LogP contribution in [0.2, 0.25) is 0 Å². The maximum Gasteiger partial charge on any atom is 0.311 e. The standard InChI is InChI=1S/C10H10O3.CHNO/c11-10(12)8-5-6-13-9-4-2-1-3-7(8)9;2-1-3/h1-4,8H,5-6H2,(H,11,12);3H. The Morgan fingerprint density at radius 2 is 2.12 bits per heavy atom. The number of hydrogen-bond acceptors (Lipinski definition) is 4. The molecule has 1 unspecified atom stereocenters. The van der Waals surface area contributed by atoms with E-state index in [9.17, 15) is 4.79 Å². The van der Waals surface area contributed by atoms with E-state index in [1.54, 1.807) is 0 Å². The van der Waals surface area contributed by atoms with Crippen LogP contribution in [0.5, 0.6) is 5.75 Å². The molecule has 0 amide bonds. The summed E-state index contributed by atoms with van der Waals surface area (Å²) in [5.74, 6) is -0.457. The van der Waals surface area contributed by atoms with Crippen LogP contribution in [0, 0.1) is 11.5 Å². The van der Waals surface area contributed by atoms with Crippen LogP contribution in [-0.4, -0.2) is 22.8 Å². The molecule has 1 heterocycles. The van der Waals surface area contributed by atoms with E-state index >= 15 is 0 Å². The lowest BCUT2D eigenvalue weighted by Crippen LogP contribution is -2.20. The van der Waals surface area contributed by atoms with Crippen LogP contribution >= 0.6 is 0 Å². The molecule has 5 nitrogen and oxygen atoms in total. The molecular formula is C11H11NO4. The number of nitrogens with zero attached hydrogens (tertiary/aromatic N) is 1. The van der Waals surface area contributed by atoms with E-state index in [1.165, 1.54) is 0 Å². The van der Waals surface area contributed by atoms with Gasteiger partial charge in [0.1, 0.15) is 5.75 Å². The summed E-state index contributed by atoms with van der Waals surface area (Å²) in [5, 5.41) is 22.7. The van der Waals surface area contributed by atoms with Gasteiger partial charge in [-0.3, -0.25) is 4.79 Å². The molecule has 1 aromatic rings. The lowest BCUT2D eigenvalue weighted by atomic mass is 9.93. The Morgan fingerprint density at radius 3 is 2.75 bits per heavy atom. The number of rotatable bonds is 1. The van der Waals surface area contributed by atoms with Crippen molar-refractivity contribution in [3.63, 3.8) is 0 Å². The number of aliphatic carboxylic acids is 1. The van der Waals surface area contributed by atoms with Crippen molar-refractivity contribution in [2.24, 2.45) is 0 Å². The topological polar surface area (TPSA) is 90.5 Å². The lowest BCUT2D eigenvalue weighted by molar-refractivity contribution is -0.139. The SMILES string of the molecule is N#CO.O=C(O)C1CCOc2ccccc21. The number of carboxylic acid groups (broad SMARTS) is 1. The Bertz CT molecular complexity index is 411. The third-order valence-corrected chi connectivity index (χ3v) is 2.26. The molecule has 0 spiro atoms. The first-order valence-corrected chi connectivity index (χ1v) is 4.68. The molecule has 1 aliphatic heterocycles. The van der Waals surface area contributed by atoms with Gasteiger partial charge in [0.05, 0.1) is 12.5 Å². The van der Waals surface area contributed by atoms with Crippen LogP contribution in [0.1, 0.15) is 17.9 Å². The fraction of sp³-hybridized carbons (Fsp3) is 0.273. The van der Waals surface area contributed by atoms with Gasteiger partial charge in [0.2, 0.25) is 0 Å². The van der Waals surface area contributed by atoms with Crippen LogP contribution in [0.15, 0.2) is 24.3 Å². The Labute approximate surface area is 92.5 Å². The second-order valence-electron chi connectivity index (χ2n) is 3.17. The van der Waals surface area contributed by atoms with Crippen LogP contribution in [0.25, 0.3) is 0 Å². The highest BCUT2D eigenvalue weighted by Crippen LogP contribution is 2.33. The zero-order valence-electron chi connectivity index (χ0n) is 8.46. The summed E-state index contributed by atoms with van der Waals surface area (Å²) in [6, 6.07) is 7.31. The van der Waals surface area contributed by atoms with E-state index in [0.29, 0.717) is 18.8 Å². The minimum Gasteiger partial charge on any atom is -0.493 e. The third-order valence-electron chi connectivity index (χ3n) is 2.26. The zero-order chi connectivity index (χ0) is 12.0. The molecule has 84 valence electrons. The number of fused-ring (bicyclic) bond motifs is 1. The van der Waals surface area contributed by atoms with E-state index in [-0.39, 0.29) is 0 Å². The normalized spacial score (nSPS) is 16.8. The Kier molecular flexibility index (Phi) is 4.16. The molecule has 0 saturated heterocycles. The van der Waals surface area contributed by atoms with Crippen LogP contribution < -0.4 is 4.74 Å². The maximum absolute atomic E-state index is 10.9. The van der Waals surface area contributed by atoms with Gasteiger partial charge in [-0.15, -0.1) is 0 Å². The molecule has 1 aromatic carbocycles. The minimum absolute atomic E-state index is 0.398. The Hall–Kier alpha value is -2.22. The average molecular weight is 221 g/mol. The molecule has 2 N–H and O–H groups in total. The first kappa shape index (κ1) is 11.9. The molecule has 1 aliphatic rings. The quantitative estimate of drug-likeness (QED) is 0.701. The van der Waals surface area contributed by atoms with Crippen molar-refractivity contribution in [1.29, 1.82) is 5.26 Å². The van der Waals surface area contributed by atoms with Crippen molar-refractivity contribution >= 4 is 5.97 Å².